The smallest absolute Gasteiger partial charge is 0.0406 e. The van der Waals surface area contributed by atoms with Crippen LogP contribution in [0.15, 0.2) is 60.9 Å². The molecule has 3 aromatic rings. The lowest BCUT2D eigenvalue weighted by atomic mass is 10.1. The van der Waals surface area contributed by atoms with Gasteiger partial charge in [-0.2, -0.15) is 0 Å². The van der Waals surface area contributed by atoms with Gasteiger partial charge >= 0.3 is 0 Å². The maximum Gasteiger partial charge on any atom is 0.0406 e. The lowest BCUT2D eigenvalue weighted by Crippen LogP contribution is -2.12. The first-order valence-electron chi connectivity index (χ1n) is 6.59. The molecule has 1 heterocycles. The molecule has 2 nitrogen and oxygen atoms in total. The van der Waals surface area contributed by atoms with Crippen molar-refractivity contribution in [3.8, 4) is 0 Å². The van der Waals surface area contributed by atoms with Crippen LogP contribution in [0.5, 0.6) is 0 Å². The summed E-state index contributed by atoms with van der Waals surface area (Å²) in [6, 6.07) is 16.4. The van der Waals surface area contributed by atoms with Crippen molar-refractivity contribution in [2.45, 2.75) is 13.1 Å². The van der Waals surface area contributed by atoms with Gasteiger partial charge in [0.05, 0.1) is 0 Å². The van der Waals surface area contributed by atoms with Crippen LogP contribution in [0.25, 0.3) is 10.8 Å². The van der Waals surface area contributed by atoms with Gasteiger partial charge in [0.25, 0.3) is 0 Å². The average molecular weight is 283 g/mol. The first-order chi connectivity index (χ1) is 9.81. The molecule has 20 heavy (non-hydrogen) atoms. The van der Waals surface area contributed by atoms with E-state index in [1.54, 1.807) is 0 Å². The van der Waals surface area contributed by atoms with Crippen LogP contribution in [0.2, 0.25) is 5.02 Å². The minimum atomic E-state index is 0.775. The van der Waals surface area contributed by atoms with E-state index in [4.69, 9.17) is 11.6 Å². The van der Waals surface area contributed by atoms with E-state index in [1.165, 1.54) is 21.9 Å². The summed E-state index contributed by atoms with van der Waals surface area (Å²) >= 11 is 5.87. The Bertz CT molecular complexity index is 708. The Morgan fingerprint density at radius 3 is 2.45 bits per heavy atom. The fourth-order valence-electron chi connectivity index (χ4n) is 2.20. The highest BCUT2D eigenvalue weighted by atomic mass is 35.5. The zero-order valence-electron chi connectivity index (χ0n) is 11.0. The standard InChI is InChI=1S/C17H15ClN2/c18-17-5-2-13(3-6-17)10-20-11-14-1-4-16-12-19-8-7-15(16)9-14/h1-9,12,20H,10-11H2. The van der Waals surface area contributed by atoms with E-state index < -0.39 is 0 Å². The third-order valence-corrected chi connectivity index (χ3v) is 3.53. The van der Waals surface area contributed by atoms with Gasteiger partial charge in [0, 0.05) is 35.9 Å². The average Bonchev–Trinajstić information content (AvgIpc) is 2.49. The van der Waals surface area contributed by atoms with Crippen molar-refractivity contribution < 1.29 is 0 Å². The van der Waals surface area contributed by atoms with E-state index >= 15 is 0 Å². The van der Waals surface area contributed by atoms with Gasteiger partial charge in [0.15, 0.2) is 0 Å². The van der Waals surface area contributed by atoms with E-state index in [9.17, 15) is 0 Å². The molecule has 1 N–H and O–H groups in total. The molecule has 0 saturated carbocycles. The molecule has 0 aliphatic heterocycles. The summed E-state index contributed by atoms with van der Waals surface area (Å²) < 4.78 is 0. The zero-order chi connectivity index (χ0) is 13.8. The molecule has 3 rings (SSSR count). The molecule has 0 fully saturated rings. The highest BCUT2D eigenvalue weighted by Crippen LogP contribution is 2.14. The van der Waals surface area contributed by atoms with Crippen LogP contribution >= 0.6 is 11.6 Å². The number of rotatable bonds is 4. The van der Waals surface area contributed by atoms with Gasteiger partial charge in [-0.15, -0.1) is 0 Å². The number of hydrogen-bond donors (Lipinski definition) is 1. The van der Waals surface area contributed by atoms with Crippen molar-refractivity contribution in [3.63, 3.8) is 0 Å². The fraction of sp³-hybridized carbons (Fsp3) is 0.118. The Morgan fingerprint density at radius 2 is 1.60 bits per heavy atom. The van der Waals surface area contributed by atoms with Crippen molar-refractivity contribution in [3.05, 3.63) is 77.1 Å². The monoisotopic (exact) mass is 282 g/mol. The molecule has 0 saturated heterocycles. The molecule has 1 aromatic heterocycles. The molecule has 0 aliphatic rings. The van der Waals surface area contributed by atoms with Crippen LogP contribution in [0.1, 0.15) is 11.1 Å². The number of hydrogen-bond acceptors (Lipinski definition) is 2. The van der Waals surface area contributed by atoms with Crippen LogP contribution in [0.4, 0.5) is 0 Å². The van der Waals surface area contributed by atoms with Crippen LogP contribution in [-0.4, -0.2) is 4.98 Å². The van der Waals surface area contributed by atoms with E-state index in [-0.39, 0.29) is 0 Å². The van der Waals surface area contributed by atoms with Crippen LogP contribution in [0.3, 0.4) is 0 Å². The predicted molar refractivity (Wildman–Crippen MR) is 83.7 cm³/mol. The van der Waals surface area contributed by atoms with Crippen LogP contribution in [0, 0.1) is 0 Å². The van der Waals surface area contributed by atoms with E-state index in [2.05, 4.69) is 28.5 Å². The topological polar surface area (TPSA) is 24.9 Å². The molecule has 2 aromatic carbocycles. The minimum Gasteiger partial charge on any atom is -0.309 e. The van der Waals surface area contributed by atoms with E-state index in [0.717, 1.165) is 18.1 Å². The third-order valence-electron chi connectivity index (χ3n) is 3.28. The SMILES string of the molecule is Clc1ccc(CNCc2ccc3cnccc3c2)cc1. The Balaban J connectivity index is 1.63. The largest absolute Gasteiger partial charge is 0.309 e. The molecule has 0 bridgehead atoms. The Labute approximate surface area is 123 Å². The van der Waals surface area contributed by atoms with Crippen LogP contribution in [-0.2, 0) is 13.1 Å². The molecule has 0 radical (unpaired) electrons. The number of aromatic nitrogens is 1. The van der Waals surface area contributed by atoms with Gasteiger partial charge in [-0.05, 0) is 40.8 Å². The van der Waals surface area contributed by atoms with E-state index in [1.807, 2.05) is 42.7 Å². The highest BCUT2D eigenvalue weighted by molar-refractivity contribution is 6.30. The quantitative estimate of drug-likeness (QED) is 0.776. The maximum atomic E-state index is 5.87. The maximum absolute atomic E-state index is 5.87. The van der Waals surface area contributed by atoms with Gasteiger partial charge in [0.1, 0.15) is 0 Å². The third kappa shape index (κ3) is 3.16. The number of fused-ring (bicyclic) bond motifs is 1. The molecule has 0 unspecified atom stereocenters. The van der Waals surface area contributed by atoms with Crippen molar-refractivity contribution in [1.82, 2.24) is 10.3 Å². The normalized spacial score (nSPS) is 10.8. The van der Waals surface area contributed by atoms with Crippen molar-refractivity contribution in [2.24, 2.45) is 0 Å². The Kier molecular flexibility index (Phi) is 3.95. The van der Waals surface area contributed by atoms with Gasteiger partial charge in [0.2, 0.25) is 0 Å². The number of pyridine rings is 1. The molecule has 100 valence electrons. The van der Waals surface area contributed by atoms with Crippen LogP contribution < -0.4 is 5.32 Å². The zero-order valence-corrected chi connectivity index (χ0v) is 11.8. The molecular formula is C17H15ClN2. The summed E-state index contributed by atoms with van der Waals surface area (Å²) in [6.07, 6.45) is 3.72. The highest BCUT2D eigenvalue weighted by Gasteiger charge is 1.97. The van der Waals surface area contributed by atoms with Gasteiger partial charge in [-0.1, -0.05) is 35.9 Å². The second kappa shape index (κ2) is 6.04. The van der Waals surface area contributed by atoms with Crippen molar-refractivity contribution in [2.75, 3.05) is 0 Å². The lowest BCUT2D eigenvalue weighted by Gasteiger charge is -2.06. The van der Waals surface area contributed by atoms with Gasteiger partial charge in [-0.3, -0.25) is 4.98 Å². The summed E-state index contributed by atoms with van der Waals surface area (Å²) in [5, 5.41) is 6.62. The molecule has 0 atom stereocenters. The Hall–Kier alpha value is -1.90. The van der Waals surface area contributed by atoms with Gasteiger partial charge in [-0.25, -0.2) is 0 Å². The number of benzene rings is 2. The van der Waals surface area contributed by atoms with Gasteiger partial charge < -0.3 is 5.32 Å². The lowest BCUT2D eigenvalue weighted by molar-refractivity contribution is 0.694. The Morgan fingerprint density at radius 1 is 0.850 bits per heavy atom. The summed E-state index contributed by atoms with van der Waals surface area (Å²) in [4.78, 5) is 4.13. The molecule has 0 spiro atoms. The number of nitrogens with zero attached hydrogens (tertiary/aromatic N) is 1. The molecular weight excluding hydrogens is 268 g/mol. The first kappa shape index (κ1) is 13.1. The molecule has 0 aliphatic carbocycles. The summed E-state index contributed by atoms with van der Waals surface area (Å²) in [6.45, 7) is 1.69. The number of nitrogens with one attached hydrogen (secondary N) is 1. The van der Waals surface area contributed by atoms with E-state index in [0.29, 0.717) is 0 Å². The minimum absolute atomic E-state index is 0.775. The second-order valence-corrected chi connectivity index (χ2v) is 5.22. The van der Waals surface area contributed by atoms with Crippen molar-refractivity contribution in [1.29, 1.82) is 0 Å². The first-order valence-corrected chi connectivity index (χ1v) is 6.97. The molecule has 0 amide bonds. The summed E-state index contributed by atoms with van der Waals surface area (Å²) in [5.41, 5.74) is 2.51. The van der Waals surface area contributed by atoms with Crippen molar-refractivity contribution >= 4 is 22.4 Å². The fourth-order valence-corrected chi connectivity index (χ4v) is 2.32. The second-order valence-electron chi connectivity index (χ2n) is 4.79. The summed E-state index contributed by atoms with van der Waals surface area (Å²) in [5.74, 6) is 0. The molecule has 3 heteroatoms. The summed E-state index contributed by atoms with van der Waals surface area (Å²) in [7, 11) is 0. The number of halogens is 1. The predicted octanol–water partition coefficient (Wildman–Crippen LogP) is 4.18.